The molecule has 0 radical (unpaired) electrons. The number of rotatable bonds is 7. The molecule has 0 aromatic heterocycles. The number of ether oxygens (including phenoxy) is 3. The summed E-state index contributed by atoms with van der Waals surface area (Å²) in [5.41, 5.74) is 1.21. The Morgan fingerprint density at radius 3 is 2.29 bits per heavy atom. The number of methoxy groups -OCH3 is 2. The molecule has 7 nitrogen and oxygen atoms in total. The fourth-order valence-electron chi connectivity index (χ4n) is 3.15. The van der Waals surface area contributed by atoms with Crippen molar-refractivity contribution in [2.75, 3.05) is 32.3 Å². The summed E-state index contributed by atoms with van der Waals surface area (Å²) in [7, 11) is 3.06. The van der Waals surface area contributed by atoms with Gasteiger partial charge in [-0.2, -0.15) is 0 Å². The number of hydrogen-bond acceptors (Lipinski definition) is 5. The Hall–Kier alpha value is -3.22. The molecule has 1 fully saturated rings. The van der Waals surface area contributed by atoms with E-state index in [1.54, 1.807) is 23.1 Å². The molecule has 1 aliphatic heterocycles. The smallest absolute Gasteiger partial charge is 0.251 e. The molecule has 2 aromatic carbocycles. The molecule has 0 aliphatic carbocycles. The van der Waals surface area contributed by atoms with Crippen LogP contribution in [0, 0.1) is 0 Å². The van der Waals surface area contributed by atoms with Crippen molar-refractivity contribution in [1.82, 2.24) is 5.32 Å². The van der Waals surface area contributed by atoms with Gasteiger partial charge in [-0.05, 0) is 43.3 Å². The minimum atomic E-state index is -0.274. The van der Waals surface area contributed by atoms with Crippen LogP contribution in [0.1, 0.15) is 23.7 Å². The van der Waals surface area contributed by atoms with Gasteiger partial charge in [-0.1, -0.05) is 0 Å². The van der Waals surface area contributed by atoms with Crippen molar-refractivity contribution < 1.29 is 23.8 Å². The number of carbonyl (C=O) groups is 2. The fourth-order valence-corrected chi connectivity index (χ4v) is 3.15. The van der Waals surface area contributed by atoms with Gasteiger partial charge in [0.05, 0.1) is 26.9 Å². The molecular formula is C21H24N2O5. The molecule has 2 amide bonds. The third-order valence-electron chi connectivity index (χ3n) is 4.53. The lowest BCUT2D eigenvalue weighted by Gasteiger charge is -2.18. The van der Waals surface area contributed by atoms with E-state index in [-0.39, 0.29) is 24.3 Å². The van der Waals surface area contributed by atoms with Crippen molar-refractivity contribution in [3.8, 4) is 17.2 Å². The lowest BCUT2D eigenvalue weighted by atomic mass is 10.1. The Morgan fingerprint density at radius 2 is 1.71 bits per heavy atom. The highest BCUT2D eigenvalue weighted by molar-refractivity contribution is 5.99. The standard InChI is InChI=1S/C21H24N2O5/c1-4-28-17-7-5-16(6-8-17)23-13-15(11-20(23)24)22-21(25)14-9-18(26-2)12-19(10-14)27-3/h5-10,12,15H,4,11,13H2,1-3H3,(H,22,25)/t15-/m1/s1. The summed E-state index contributed by atoms with van der Waals surface area (Å²) < 4.78 is 15.8. The molecule has 1 saturated heterocycles. The molecule has 0 unspecified atom stereocenters. The van der Waals surface area contributed by atoms with E-state index in [9.17, 15) is 9.59 Å². The predicted molar refractivity (Wildman–Crippen MR) is 105 cm³/mol. The lowest BCUT2D eigenvalue weighted by molar-refractivity contribution is -0.117. The summed E-state index contributed by atoms with van der Waals surface area (Å²) in [6.45, 7) is 2.92. The van der Waals surface area contributed by atoms with Gasteiger partial charge in [0.15, 0.2) is 0 Å². The second-order valence-corrected chi connectivity index (χ2v) is 6.41. The summed E-state index contributed by atoms with van der Waals surface area (Å²) in [4.78, 5) is 26.7. The van der Waals surface area contributed by atoms with Crippen LogP contribution in [0.4, 0.5) is 5.69 Å². The Labute approximate surface area is 164 Å². The summed E-state index contributed by atoms with van der Waals surface area (Å²) in [5, 5.41) is 2.92. The van der Waals surface area contributed by atoms with E-state index in [1.165, 1.54) is 14.2 Å². The number of anilines is 1. The van der Waals surface area contributed by atoms with E-state index in [1.807, 2.05) is 31.2 Å². The van der Waals surface area contributed by atoms with E-state index >= 15 is 0 Å². The monoisotopic (exact) mass is 384 g/mol. The van der Waals surface area contributed by atoms with Crippen LogP contribution >= 0.6 is 0 Å². The average Bonchev–Trinajstić information content (AvgIpc) is 3.08. The molecule has 1 N–H and O–H groups in total. The topological polar surface area (TPSA) is 77.1 Å². The maximum absolute atomic E-state index is 12.6. The molecular weight excluding hydrogens is 360 g/mol. The quantitative estimate of drug-likeness (QED) is 0.794. The summed E-state index contributed by atoms with van der Waals surface area (Å²) in [6.07, 6.45) is 0.250. The van der Waals surface area contributed by atoms with E-state index < -0.39 is 0 Å². The number of amides is 2. The van der Waals surface area contributed by atoms with Crippen molar-refractivity contribution >= 4 is 17.5 Å². The highest BCUT2D eigenvalue weighted by Crippen LogP contribution is 2.25. The number of nitrogens with one attached hydrogen (secondary N) is 1. The third kappa shape index (κ3) is 4.36. The Bertz CT molecular complexity index is 828. The van der Waals surface area contributed by atoms with E-state index in [0.29, 0.717) is 30.2 Å². The van der Waals surface area contributed by atoms with Gasteiger partial charge in [0.25, 0.3) is 5.91 Å². The van der Waals surface area contributed by atoms with Gasteiger partial charge in [0.2, 0.25) is 5.91 Å². The van der Waals surface area contributed by atoms with Crippen molar-refractivity contribution in [2.45, 2.75) is 19.4 Å². The molecule has 1 atom stereocenters. The maximum atomic E-state index is 12.6. The summed E-state index contributed by atoms with van der Waals surface area (Å²) in [6, 6.07) is 12.1. The predicted octanol–water partition coefficient (Wildman–Crippen LogP) is 2.64. The van der Waals surface area contributed by atoms with Crippen LogP contribution in [-0.2, 0) is 4.79 Å². The number of benzene rings is 2. The van der Waals surface area contributed by atoms with Crippen molar-refractivity contribution in [2.24, 2.45) is 0 Å². The van der Waals surface area contributed by atoms with Gasteiger partial charge in [-0.25, -0.2) is 0 Å². The van der Waals surface area contributed by atoms with Crippen molar-refractivity contribution in [1.29, 1.82) is 0 Å². The first-order valence-electron chi connectivity index (χ1n) is 9.11. The van der Waals surface area contributed by atoms with Crippen molar-refractivity contribution in [3.63, 3.8) is 0 Å². The Kier molecular flexibility index (Phi) is 6.03. The lowest BCUT2D eigenvalue weighted by Crippen LogP contribution is -2.37. The largest absolute Gasteiger partial charge is 0.497 e. The van der Waals surface area contributed by atoms with Gasteiger partial charge in [0, 0.05) is 30.3 Å². The molecule has 0 bridgehead atoms. The molecule has 28 heavy (non-hydrogen) atoms. The molecule has 3 rings (SSSR count). The Morgan fingerprint density at radius 1 is 1.07 bits per heavy atom. The average molecular weight is 384 g/mol. The third-order valence-corrected chi connectivity index (χ3v) is 4.53. The summed E-state index contributed by atoms with van der Waals surface area (Å²) in [5.74, 6) is 1.52. The minimum Gasteiger partial charge on any atom is -0.497 e. The van der Waals surface area contributed by atoms with Gasteiger partial charge < -0.3 is 24.4 Å². The van der Waals surface area contributed by atoms with Gasteiger partial charge in [-0.3, -0.25) is 9.59 Å². The second-order valence-electron chi connectivity index (χ2n) is 6.41. The van der Waals surface area contributed by atoms with Crippen LogP contribution in [0.25, 0.3) is 0 Å². The van der Waals surface area contributed by atoms with E-state index in [2.05, 4.69) is 5.32 Å². The van der Waals surface area contributed by atoms with Gasteiger partial charge >= 0.3 is 0 Å². The first-order chi connectivity index (χ1) is 13.5. The molecule has 0 spiro atoms. The fraction of sp³-hybridized carbons (Fsp3) is 0.333. The number of nitrogens with zero attached hydrogens (tertiary/aromatic N) is 1. The molecule has 1 heterocycles. The van der Waals surface area contributed by atoms with Crippen LogP contribution in [0.2, 0.25) is 0 Å². The van der Waals surface area contributed by atoms with Crippen molar-refractivity contribution in [3.05, 3.63) is 48.0 Å². The highest BCUT2D eigenvalue weighted by Gasteiger charge is 2.32. The minimum absolute atomic E-state index is 0.0299. The normalized spacial score (nSPS) is 16.0. The summed E-state index contributed by atoms with van der Waals surface area (Å²) >= 11 is 0. The van der Waals surface area contributed by atoms with Gasteiger partial charge in [0.1, 0.15) is 17.2 Å². The number of hydrogen-bond donors (Lipinski definition) is 1. The van der Waals surface area contributed by atoms with Crippen LogP contribution < -0.4 is 24.4 Å². The first-order valence-corrected chi connectivity index (χ1v) is 9.11. The first kappa shape index (κ1) is 19.5. The maximum Gasteiger partial charge on any atom is 0.251 e. The zero-order valence-electron chi connectivity index (χ0n) is 16.2. The Balaban J connectivity index is 1.67. The van der Waals surface area contributed by atoms with Crippen LogP contribution in [0.3, 0.4) is 0 Å². The van der Waals surface area contributed by atoms with Crippen LogP contribution in [0.15, 0.2) is 42.5 Å². The SMILES string of the molecule is CCOc1ccc(N2C[C@H](NC(=O)c3cc(OC)cc(OC)c3)CC2=O)cc1. The van der Waals surface area contributed by atoms with Gasteiger partial charge in [-0.15, -0.1) is 0 Å². The zero-order valence-corrected chi connectivity index (χ0v) is 16.2. The molecule has 0 saturated carbocycles. The number of carbonyl (C=O) groups excluding carboxylic acids is 2. The molecule has 7 heteroatoms. The van der Waals surface area contributed by atoms with Crippen LogP contribution in [-0.4, -0.2) is 45.2 Å². The molecule has 148 valence electrons. The zero-order chi connectivity index (χ0) is 20.1. The molecule has 2 aromatic rings. The molecule has 1 aliphatic rings. The second kappa shape index (κ2) is 8.65. The van der Waals surface area contributed by atoms with Crippen LogP contribution in [0.5, 0.6) is 17.2 Å². The highest BCUT2D eigenvalue weighted by atomic mass is 16.5. The van der Waals surface area contributed by atoms with E-state index in [4.69, 9.17) is 14.2 Å². The van der Waals surface area contributed by atoms with E-state index in [0.717, 1.165) is 11.4 Å².